The molecule has 1 saturated carbocycles. The Bertz CT molecular complexity index is 2030. The van der Waals surface area contributed by atoms with Crippen LogP contribution in [0.1, 0.15) is 97.3 Å². The first-order chi connectivity index (χ1) is 24.6. The van der Waals surface area contributed by atoms with Crippen LogP contribution in [0.4, 0.5) is 21.0 Å². The molecule has 0 radical (unpaired) electrons. The van der Waals surface area contributed by atoms with Crippen LogP contribution in [-0.4, -0.2) is 97.1 Å². The minimum absolute atomic E-state index is 0.0906. The minimum atomic E-state index is -0.534. The van der Waals surface area contributed by atoms with E-state index in [0.717, 1.165) is 98.5 Å². The van der Waals surface area contributed by atoms with Gasteiger partial charge >= 0.3 is 12.2 Å². The molecule has 2 amide bonds. The largest absolute Gasteiger partial charge is 0.444 e. The smallest absolute Gasteiger partial charge is 0.410 e. The fourth-order valence-electron chi connectivity index (χ4n) is 8.89. The molecule has 2 aromatic heterocycles. The van der Waals surface area contributed by atoms with Crippen molar-refractivity contribution in [3.05, 3.63) is 48.0 Å². The van der Waals surface area contributed by atoms with Crippen molar-refractivity contribution in [3.63, 3.8) is 0 Å². The van der Waals surface area contributed by atoms with Crippen molar-refractivity contribution in [2.75, 3.05) is 49.1 Å². The summed E-state index contributed by atoms with van der Waals surface area (Å²) in [6.07, 6.45) is 4.29. The fraction of sp³-hybridized carbons (Fsp3) is 0.600. The summed E-state index contributed by atoms with van der Waals surface area (Å²) in [5, 5.41) is 0. The van der Waals surface area contributed by atoms with Crippen LogP contribution < -0.4 is 9.80 Å². The lowest BCUT2D eigenvalue weighted by Gasteiger charge is -2.37. The van der Waals surface area contributed by atoms with Crippen LogP contribution in [-0.2, 0) is 23.6 Å². The zero-order valence-corrected chi connectivity index (χ0v) is 32.1. The molecule has 3 aliphatic heterocycles. The Kier molecular flexibility index (Phi) is 8.18. The number of carbonyl (C=O) groups excluding carboxylic acids is 2. The van der Waals surface area contributed by atoms with Crippen LogP contribution in [0.3, 0.4) is 0 Å². The Labute approximate surface area is 306 Å². The van der Waals surface area contributed by atoms with Gasteiger partial charge in [0.05, 0.1) is 33.6 Å². The summed E-state index contributed by atoms with van der Waals surface area (Å²) in [6.45, 7) is 16.6. The van der Waals surface area contributed by atoms with E-state index in [4.69, 9.17) is 19.4 Å². The topological polar surface area (TPSA) is 101 Å². The second-order valence-electron chi connectivity index (χ2n) is 17.3. The Morgan fingerprint density at radius 1 is 0.712 bits per heavy atom. The number of amides is 2. The summed E-state index contributed by atoms with van der Waals surface area (Å²) in [4.78, 5) is 45.0. The molecule has 278 valence electrons. The highest BCUT2D eigenvalue weighted by Crippen LogP contribution is 2.61. The number of anilines is 2. The maximum atomic E-state index is 13.1. The number of fused-ring (bicyclic) bond motifs is 2. The Morgan fingerprint density at radius 2 is 1.25 bits per heavy atom. The van der Waals surface area contributed by atoms with Gasteiger partial charge < -0.3 is 33.3 Å². The van der Waals surface area contributed by atoms with E-state index in [-0.39, 0.29) is 29.7 Å². The number of imidazole rings is 2. The highest BCUT2D eigenvalue weighted by molar-refractivity contribution is 5.82. The minimum Gasteiger partial charge on any atom is -0.444 e. The van der Waals surface area contributed by atoms with Gasteiger partial charge in [0, 0.05) is 70.7 Å². The first-order valence-corrected chi connectivity index (χ1v) is 19.0. The van der Waals surface area contributed by atoms with E-state index in [9.17, 15) is 9.59 Å². The van der Waals surface area contributed by atoms with Crippen LogP contribution in [0.2, 0.25) is 0 Å². The Morgan fingerprint density at radius 3 is 1.83 bits per heavy atom. The number of carbonyl (C=O) groups is 2. The number of aromatic nitrogens is 4. The summed E-state index contributed by atoms with van der Waals surface area (Å²) < 4.78 is 15.9. The number of hydrogen-bond donors (Lipinski definition) is 0. The van der Waals surface area contributed by atoms with Gasteiger partial charge in [-0.25, -0.2) is 19.6 Å². The maximum Gasteiger partial charge on any atom is 0.410 e. The van der Waals surface area contributed by atoms with Crippen molar-refractivity contribution >= 4 is 45.6 Å². The molecule has 8 rings (SSSR count). The van der Waals surface area contributed by atoms with Crippen LogP contribution in [0, 0.1) is 0 Å². The summed E-state index contributed by atoms with van der Waals surface area (Å²) >= 11 is 0. The third-order valence-corrected chi connectivity index (χ3v) is 11.5. The lowest BCUT2D eigenvalue weighted by atomic mass is 10.1. The number of hydrogen-bond acceptors (Lipinski definition) is 8. The van der Waals surface area contributed by atoms with Crippen LogP contribution in [0.25, 0.3) is 22.1 Å². The Balaban J connectivity index is 0.948. The van der Waals surface area contributed by atoms with Gasteiger partial charge in [-0.2, -0.15) is 0 Å². The third kappa shape index (κ3) is 6.11. The zero-order valence-electron chi connectivity index (χ0n) is 32.1. The van der Waals surface area contributed by atoms with Crippen molar-refractivity contribution in [1.29, 1.82) is 0 Å². The molecule has 4 aliphatic rings. The van der Waals surface area contributed by atoms with Crippen molar-refractivity contribution in [1.82, 2.24) is 28.9 Å². The molecule has 2 aromatic carbocycles. The number of ether oxygens (including phenoxy) is 2. The predicted molar refractivity (Wildman–Crippen MR) is 203 cm³/mol. The van der Waals surface area contributed by atoms with Crippen LogP contribution >= 0.6 is 0 Å². The molecule has 3 atom stereocenters. The number of rotatable bonds is 4. The van der Waals surface area contributed by atoms with E-state index < -0.39 is 11.2 Å². The molecule has 4 aromatic rings. The van der Waals surface area contributed by atoms with Gasteiger partial charge in [0.2, 0.25) is 0 Å². The third-order valence-electron chi connectivity index (χ3n) is 11.5. The SMILES string of the molecule is Cn1c(C2CCCN2C(=O)OC(C)(C)C)nc2ccc(N3CCN(c4ccc5nc(C6CC67CCCN7C(=O)OC(C)(C)C)n(C)c5c4)CC3)cc21. The molecule has 0 bridgehead atoms. The van der Waals surface area contributed by atoms with Gasteiger partial charge in [-0.15, -0.1) is 0 Å². The number of likely N-dealkylation sites (tertiary alicyclic amines) is 2. The van der Waals surface area contributed by atoms with E-state index in [2.05, 4.69) is 69.4 Å². The molecule has 3 saturated heterocycles. The highest BCUT2D eigenvalue weighted by atomic mass is 16.6. The van der Waals surface area contributed by atoms with Crippen LogP contribution in [0.5, 0.6) is 0 Å². The quantitative estimate of drug-likeness (QED) is 0.221. The fourth-order valence-corrected chi connectivity index (χ4v) is 8.89. The molecule has 0 N–H and O–H groups in total. The molecule has 1 aliphatic carbocycles. The van der Waals surface area contributed by atoms with Gasteiger partial charge in [0.1, 0.15) is 22.9 Å². The summed E-state index contributed by atoms with van der Waals surface area (Å²) in [5.41, 5.74) is 5.33. The molecule has 12 heteroatoms. The maximum absolute atomic E-state index is 13.1. The van der Waals surface area contributed by atoms with E-state index in [1.165, 1.54) is 11.4 Å². The van der Waals surface area contributed by atoms with E-state index in [1.807, 2.05) is 51.3 Å². The highest BCUT2D eigenvalue weighted by Gasteiger charge is 2.64. The molecule has 52 heavy (non-hydrogen) atoms. The summed E-state index contributed by atoms with van der Waals surface area (Å²) in [5.74, 6) is 2.20. The lowest BCUT2D eigenvalue weighted by Crippen LogP contribution is -2.46. The molecular weight excluding hydrogens is 656 g/mol. The van der Waals surface area contributed by atoms with Crippen molar-refractivity contribution in [3.8, 4) is 0 Å². The summed E-state index contributed by atoms with van der Waals surface area (Å²) in [7, 11) is 4.18. The number of aryl methyl sites for hydroxylation is 2. The zero-order chi connectivity index (χ0) is 36.7. The van der Waals surface area contributed by atoms with Crippen LogP contribution in [0.15, 0.2) is 36.4 Å². The van der Waals surface area contributed by atoms with E-state index in [1.54, 1.807) is 0 Å². The molecular formula is C40H54N8O4. The van der Waals surface area contributed by atoms with Crippen molar-refractivity contribution in [2.45, 2.75) is 102 Å². The first kappa shape index (κ1) is 34.6. The van der Waals surface area contributed by atoms with E-state index >= 15 is 0 Å². The average Bonchev–Trinajstić information content (AvgIpc) is 3.50. The van der Waals surface area contributed by atoms with Gasteiger partial charge in [0.25, 0.3) is 0 Å². The molecule has 4 fully saturated rings. The lowest BCUT2D eigenvalue weighted by molar-refractivity contribution is 0.0192. The number of piperazine rings is 1. The standard InChI is InChI=1S/C40H54N8O4/c1-38(2,3)51-36(49)47-17-9-11-31(47)35-42-30-15-13-27(24-33(30)44(35)8)46-21-19-45(20-22-46)26-12-14-29-32(23-26)43(7)34(41-29)28-25-40(28)16-10-18-48(40)37(50)52-39(4,5)6/h12-15,23-24,28,31H,9-11,16-22,25H2,1-8H3. The van der Waals surface area contributed by atoms with E-state index in [0.29, 0.717) is 6.54 Å². The second-order valence-corrected chi connectivity index (χ2v) is 17.3. The molecule has 5 heterocycles. The molecule has 12 nitrogen and oxygen atoms in total. The van der Waals surface area contributed by atoms with Gasteiger partial charge in [-0.05, 0) is 110 Å². The van der Waals surface area contributed by atoms with Gasteiger partial charge in [0.15, 0.2) is 0 Å². The summed E-state index contributed by atoms with van der Waals surface area (Å²) in [6, 6.07) is 13.1. The number of benzene rings is 2. The van der Waals surface area contributed by atoms with Gasteiger partial charge in [-0.1, -0.05) is 0 Å². The molecule has 3 unspecified atom stereocenters. The second kappa shape index (κ2) is 12.3. The average molecular weight is 711 g/mol. The predicted octanol–water partition coefficient (Wildman–Crippen LogP) is 7.12. The van der Waals surface area contributed by atoms with Crippen molar-refractivity contribution in [2.24, 2.45) is 14.1 Å². The normalized spacial score (nSPS) is 23.8. The number of nitrogens with zero attached hydrogens (tertiary/aromatic N) is 8. The Hall–Kier alpha value is -4.48. The van der Waals surface area contributed by atoms with Crippen molar-refractivity contribution < 1.29 is 19.1 Å². The van der Waals surface area contributed by atoms with Gasteiger partial charge in [-0.3, -0.25) is 4.90 Å². The first-order valence-electron chi connectivity index (χ1n) is 19.0. The molecule has 1 spiro atoms. The monoisotopic (exact) mass is 710 g/mol.